The van der Waals surface area contributed by atoms with E-state index in [9.17, 15) is 0 Å². The average molecular weight is 172 g/mol. The van der Waals surface area contributed by atoms with Crippen LogP contribution in [0.3, 0.4) is 0 Å². The standard InChI is InChI=1S/C7H10ClN3/c1-6(2-9)4-11-5-7(8)3-10-11/h3,5H,1-2,4,9H2. The summed E-state index contributed by atoms with van der Waals surface area (Å²) in [5.74, 6) is 0. The summed E-state index contributed by atoms with van der Waals surface area (Å²) in [5.41, 5.74) is 6.29. The fraction of sp³-hybridized carbons (Fsp3) is 0.286. The Balaban J connectivity index is 2.57. The molecule has 3 nitrogen and oxygen atoms in total. The molecule has 0 fully saturated rings. The molecule has 1 heterocycles. The fourth-order valence-corrected chi connectivity index (χ4v) is 0.875. The van der Waals surface area contributed by atoms with Gasteiger partial charge in [0.05, 0.1) is 17.8 Å². The average Bonchev–Trinajstić information content (AvgIpc) is 2.35. The van der Waals surface area contributed by atoms with E-state index in [0.29, 0.717) is 18.1 Å². The van der Waals surface area contributed by atoms with Gasteiger partial charge in [0, 0.05) is 12.7 Å². The summed E-state index contributed by atoms with van der Waals surface area (Å²) >= 11 is 5.64. The van der Waals surface area contributed by atoms with E-state index in [1.54, 1.807) is 17.1 Å². The number of aromatic nitrogens is 2. The summed E-state index contributed by atoms with van der Waals surface area (Å²) in [6.45, 7) is 4.87. The predicted octanol–water partition coefficient (Wildman–Crippen LogP) is 1.05. The molecule has 11 heavy (non-hydrogen) atoms. The van der Waals surface area contributed by atoms with Crippen LogP contribution in [0.5, 0.6) is 0 Å². The van der Waals surface area contributed by atoms with Crippen molar-refractivity contribution in [3.05, 3.63) is 29.6 Å². The van der Waals surface area contributed by atoms with Gasteiger partial charge >= 0.3 is 0 Å². The van der Waals surface area contributed by atoms with Crippen molar-refractivity contribution in [1.82, 2.24) is 9.78 Å². The number of halogens is 1. The van der Waals surface area contributed by atoms with Crippen LogP contribution in [0, 0.1) is 0 Å². The summed E-state index contributed by atoms with van der Waals surface area (Å²) in [7, 11) is 0. The first kappa shape index (κ1) is 8.30. The predicted molar refractivity (Wildman–Crippen MR) is 45.4 cm³/mol. The monoisotopic (exact) mass is 171 g/mol. The SMILES string of the molecule is C=C(CN)Cn1cc(Cl)cn1. The highest BCUT2D eigenvalue weighted by Crippen LogP contribution is 2.05. The molecule has 1 rings (SSSR count). The van der Waals surface area contributed by atoms with E-state index in [4.69, 9.17) is 17.3 Å². The first-order valence-electron chi connectivity index (χ1n) is 3.27. The molecule has 60 valence electrons. The van der Waals surface area contributed by atoms with Gasteiger partial charge in [0.25, 0.3) is 0 Å². The molecule has 0 atom stereocenters. The van der Waals surface area contributed by atoms with Gasteiger partial charge in [-0.2, -0.15) is 5.10 Å². The van der Waals surface area contributed by atoms with Crippen LogP contribution < -0.4 is 5.73 Å². The van der Waals surface area contributed by atoms with E-state index in [2.05, 4.69) is 11.7 Å². The maximum Gasteiger partial charge on any atom is 0.0785 e. The zero-order chi connectivity index (χ0) is 8.27. The van der Waals surface area contributed by atoms with Crippen LogP contribution in [0.4, 0.5) is 0 Å². The van der Waals surface area contributed by atoms with Crippen LogP contribution >= 0.6 is 11.6 Å². The molecule has 1 aromatic heterocycles. The first-order chi connectivity index (χ1) is 5.22. The molecule has 0 aliphatic rings. The Kier molecular flexibility index (Phi) is 2.68. The number of hydrogen-bond donors (Lipinski definition) is 1. The van der Waals surface area contributed by atoms with Gasteiger partial charge in [0.15, 0.2) is 0 Å². The lowest BCUT2D eigenvalue weighted by molar-refractivity contribution is 0.670. The Morgan fingerprint density at radius 2 is 2.55 bits per heavy atom. The highest BCUT2D eigenvalue weighted by Gasteiger charge is 1.95. The van der Waals surface area contributed by atoms with Gasteiger partial charge in [0.1, 0.15) is 0 Å². The van der Waals surface area contributed by atoms with Crippen molar-refractivity contribution in [2.75, 3.05) is 6.54 Å². The molecule has 0 radical (unpaired) electrons. The third-order valence-electron chi connectivity index (χ3n) is 1.28. The van der Waals surface area contributed by atoms with Crippen LogP contribution in [0.1, 0.15) is 0 Å². The Hall–Kier alpha value is -0.800. The summed E-state index contributed by atoms with van der Waals surface area (Å²) in [6.07, 6.45) is 3.33. The van der Waals surface area contributed by atoms with E-state index in [-0.39, 0.29) is 0 Å². The van der Waals surface area contributed by atoms with Gasteiger partial charge in [-0.15, -0.1) is 0 Å². The smallest absolute Gasteiger partial charge is 0.0785 e. The molecule has 0 aliphatic carbocycles. The van der Waals surface area contributed by atoms with Crippen LogP contribution in [0.25, 0.3) is 0 Å². The summed E-state index contributed by atoms with van der Waals surface area (Å²) in [5, 5.41) is 4.61. The van der Waals surface area contributed by atoms with E-state index in [1.165, 1.54) is 0 Å². The van der Waals surface area contributed by atoms with Crippen LogP contribution in [0.15, 0.2) is 24.5 Å². The normalized spacial score (nSPS) is 10.0. The van der Waals surface area contributed by atoms with Crippen molar-refractivity contribution in [3.8, 4) is 0 Å². The Bertz CT molecular complexity index is 254. The lowest BCUT2D eigenvalue weighted by Crippen LogP contribution is -2.09. The molecular weight excluding hydrogens is 162 g/mol. The van der Waals surface area contributed by atoms with Crippen LogP contribution in [0.2, 0.25) is 5.02 Å². The summed E-state index contributed by atoms with van der Waals surface area (Å²) in [6, 6.07) is 0. The molecule has 2 N–H and O–H groups in total. The van der Waals surface area contributed by atoms with Gasteiger partial charge in [-0.05, 0) is 5.57 Å². The first-order valence-corrected chi connectivity index (χ1v) is 3.65. The molecule has 0 bridgehead atoms. The quantitative estimate of drug-likeness (QED) is 0.691. The number of hydrogen-bond acceptors (Lipinski definition) is 2. The van der Waals surface area contributed by atoms with E-state index in [0.717, 1.165) is 5.57 Å². The van der Waals surface area contributed by atoms with E-state index >= 15 is 0 Å². The maximum absolute atomic E-state index is 5.64. The summed E-state index contributed by atoms with van der Waals surface area (Å²) in [4.78, 5) is 0. The second kappa shape index (κ2) is 3.55. The zero-order valence-electron chi connectivity index (χ0n) is 6.13. The molecule has 0 unspecified atom stereocenters. The third kappa shape index (κ3) is 2.37. The van der Waals surface area contributed by atoms with Crippen molar-refractivity contribution in [1.29, 1.82) is 0 Å². The molecule has 4 heteroatoms. The van der Waals surface area contributed by atoms with Gasteiger partial charge < -0.3 is 5.73 Å². The van der Waals surface area contributed by atoms with E-state index in [1.807, 2.05) is 0 Å². The van der Waals surface area contributed by atoms with Gasteiger partial charge in [-0.3, -0.25) is 4.68 Å². The molecule has 0 saturated heterocycles. The molecule has 0 saturated carbocycles. The summed E-state index contributed by atoms with van der Waals surface area (Å²) < 4.78 is 1.71. The Labute approximate surface area is 70.5 Å². The number of rotatable bonds is 3. The molecule has 0 aromatic carbocycles. The van der Waals surface area contributed by atoms with Crippen LogP contribution in [-0.2, 0) is 6.54 Å². The van der Waals surface area contributed by atoms with Gasteiger partial charge in [-0.1, -0.05) is 18.2 Å². The van der Waals surface area contributed by atoms with Crippen LogP contribution in [-0.4, -0.2) is 16.3 Å². The Morgan fingerprint density at radius 1 is 1.82 bits per heavy atom. The van der Waals surface area contributed by atoms with Crippen molar-refractivity contribution >= 4 is 11.6 Å². The lowest BCUT2D eigenvalue weighted by atomic mass is 10.3. The van der Waals surface area contributed by atoms with Gasteiger partial charge in [0.2, 0.25) is 0 Å². The molecule has 0 aliphatic heterocycles. The maximum atomic E-state index is 5.64. The number of nitrogens with zero attached hydrogens (tertiary/aromatic N) is 2. The Morgan fingerprint density at radius 3 is 3.00 bits per heavy atom. The lowest BCUT2D eigenvalue weighted by Gasteiger charge is -2.00. The third-order valence-corrected chi connectivity index (χ3v) is 1.47. The molecular formula is C7H10ClN3. The highest BCUT2D eigenvalue weighted by atomic mass is 35.5. The molecule has 0 amide bonds. The van der Waals surface area contributed by atoms with E-state index < -0.39 is 0 Å². The van der Waals surface area contributed by atoms with Crippen molar-refractivity contribution in [3.63, 3.8) is 0 Å². The zero-order valence-corrected chi connectivity index (χ0v) is 6.88. The molecule has 0 spiro atoms. The van der Waals surface area contributed by atoms with Crippen molar-refractivity contribution in [2.24, 2.45) is 5.73 Å². The molecule has 1 aromatic rings. The minimum absolute atomic E-state index is 0.484. The minimum atomic E-state index is 0.484. The van der Waals surface area contributed by atoms with Crippen molar-refractivity contribution in [2.45, 2.75) is 6.54 Å². The van der Waals surface area contributed by atoms with Gasteiger partial charge in [-0.25, -0.2) is 0 Å². The minimum Gasteiger partial charge on any atom is -0.327 e. The number of nitrogens with two attached hydrogens (primary N) is 1. The largest absolute Gasteiger partial charge is 0.327 e. The second-order valence-corrected chi connectivity index (χ2v) is 2.75. The second-order valence-electron chi connectivity index (χ2n) is 2.31. The van der Waals surface area contributed by atoms with Crippen molar-refractivity contribution < 1.29 is 0 Å². The topological polar surface area (TPSA) is 43.8 Å². The fourth-order valence-electron chi connectivity index (χ4n) is 0.718. The highest BCUT2D eigenvalue weighted by molar-refractivity contribution is 6.30.